The summed E-state index contributed by atoms with van der Waals surface area (Å²) in [6, 6.07) is 0. The van der Waals surface area contributed by atoms with E-state index in [-0.39, 0.29) is 5.63 Å². The zero-order chi connectivity index (χ0) is 6.85. The lowest BCUT2D eigenvalue weighted by Crippen LogP contribution is -1.99. The minimum absolute atomic E-state index is 0.241. The second-order valence-corrected chi connectivity index (χ2v) is 1.95. The molecule has 3 heteroatoms. The van der Waals surface area contributed by atoms with Crippen LogP contribution in [0.1, 0.15) is 18.2 Å². The first-order valence-electron chi connectivity index (χ1n) is 2.92. The van der Waals surface area contributed by atoms with Crippen molar-refractivity contribution in [2.24, 2.45) is 0 Å². The molecule has 0 saturated heterocycles. The van der Waals surface area contributed by atoms with Gasteiger partial charge in [-0.05, 0) is 13.3 Å². The Morgan fingerprint density at radius 2 is 2.33 bits per heavy atom. The van der Waals surface area contributed by atoms with E-state index in [0.717, 1.165) is 17.7 Å². The normalized spacial score (nSPS) is 10.0. The third kappa shape index (κ3) is 0.896. The van der Waals surface area contributed by atoms with E-state index < -0.39 is 0 Å². The summed E-state index contributed by atoms with van der Waals surface area (Å²) in [4.78, 5) is 10.7. The average Bonchev–Trinajstić information content (AvgIpc) is 2.12. The van der Waals surface area contributed by atoms with Gasteiger partial charge in [0.15, 0.2) is 0 Å². The average molecular weight is 127 g/mol. The Bertz CT molecular complexity index is 246. The van der Waals surface area contributed by atoms with Crippen LogP contribution in [-0.4, -0.2) is 5.16 Å². The molecule has 3 nitrogen and oxygen atoms in total. The van der Waals surface area contributed by atoms with E-state index in [2.05, 4.69) is 9.68 Å². The summed E-state index contributed by atoms with van der Waals surface area (Å²) in [6.45, 7) is 3.75. The van der Waals surface area contributed by atoms with Crippen LogP contribution in [0.15, 0.2) is 9.32 Å². The molecule has 0 aromatic carbocycles. The van der Waals surface area contributed by atoms with Gasteiger partial charge < -0.3 is 4.52 Å². The molecule has 0 aliphatic carbocycles. The van der Waals surface area contributed by atoms with Crippen LogP contribution in [0.5, 0.6) is 0 Å². The zero-order valence-corrected chi connectivity index (χ0v) is 5.52. The van der Waals surface area contributed by atoms with Gasteiger partial charge in [-0.2, -0.15) is 0 Å². The Morgan fingerprint density at radius 1 is 1.67 bits per heavy atom. The maximum absolute atomic E-state index is 10.7. The third-order valence-corrected chi connectivity index (χ3v) is 1.35. The highest BCUT2D eigenvalue weighted by atomic mass is 16.5. The van der Waals surface area contributed by atoms with Crippen LogP contribution in [0, 0.1) is 6.92 Å². The first-order valence-corrected chi connectivity index (χ1v) is 2.92. The molecule has 0 radical (unpaired) electrons. The zero-order valence-electron chi connectivity index (χ0n) is 5.52. The minimum Gasteiger partial charge on any atom is -0.339 e. The molecule has 1 rings (SSSR count). The molecule has 50 valence electrons. The maximum atomic E-state index is 10.7. The molecule has 0 aliphatic heterocycles. The van der Waals surface area contributed by atoms with Crippen molar-refractivity contribution in [3.8, 4) is 0 Å². The molecule has 0 fully saturated rings. The van der Waals surface area contributed by atoms with Gasteiger partial charge in [0.05, 0.1) is 11.3 Å². The molecule has 1 aromatic heterocycles. The van der Waals surface area contributed by atoms with Crippen LogP contribution < -0.4 is 5.63 Å². The number of hydrogen-bond donors (Lipinski definition) is 1. The molecule has 0 unspecified atom stereocenters. The topological polar surface area (TPSA) is 46.0 Å². The van der Waals surface area contributed by atoms with Crippen molar-refractivity contribution >= 4 is 0 Å². The number of rotatable bonds is 1. The molecular formula is C6H9NO2. The van der Waals surface area contributed by atoms with E-state index in [0.29, 0.717) is 0 Å². The SMILES string of the molecule is CCc1c(C)[nH]oc1=O. The van der Waals surface area contributed by atoms with Crippen molar-refractivity contribution < 1.29 is 4.52 Å². The lowest BCUT2D eigenvalue weighted by atomic mass is 10.2. The minimum atomic E-state index is -0.241. The van der Waals surface area contributed by atoms with Crippen LogP contribution in [0.4, 0.5) is 0 Å². The van der Waals surface area contributed by atoms with Crippen LogP contribution in [0.2, 0.25) is 0 Å². The van der Waals surface area contributed by atoms with Crippen molar-refractivity contribution in [3.63, 3.8) is 0 Å². The molecule has 0 amide bonds. The molecule has 0 atom stereocenters. The fourth-order valence-corrected chi connectivity index (χ4v) is 0.809. The van der Waals surface area contributed by atoms with Crippen molar-refractivity contribution in [1.29, 1.82) is 0 Å². The van der Waals surface area contributed by atoms with Gasteiger partial charge in [0.2, 0.25) is 0 Å². The molecule has 0 saturated carbocycles. The summed E-state index contributed by atoms with van der Waals surface area (Å²) in [6.07, 6.45) is 0.734. The number of H-pyrrole nitrogens is 1. The van der Waals surface area contributed by atoms with E-state index >= 15 is 0 Å². The summed E-state index contributed by atoms with van der Waals surface area (Å²) < 4.78 is 4.51. The Hall–Kier alpha value is -0.990. The molecule has 9 heavy (non-hydrogen) atoms. The summed E-state index contributed by atoms with van der Waals surface area (Å²) in [5, 5.41) is 2.50. The Morgan fingerprint density at radius 3 is 2.56 bits per heavy atom. The lowest BCUT2D eigenvalue weighted by Gasteiger charge is -1.83. The number of aromatic nitrogens is 1. The highest BCUT2D eigenvalue weighted by molar-refractivity contribution is 5.11. The highest BCUT2D eigenvalue weighted by Crippen LogP contribution is 1.97. The molecule has 1 aromatic rings. The number of nitrogens with one attached hydrogen (secondary N) is 1. The van der Waals surface area contributed by atoms with Crippen molar-refractivity contribution in [2.45, 2.75) is 20.3 Å². The van der Waals surface area contributed by atoms with Gasteiger partial charge in [0, 0.05) is 0 Å². The molecule has 0 bridgehead atoms. The van der Waals surface area contributed by atoms with Crippen molar-refractivity contribution in [1.82, 2.24) is 5.16 Å². The first kappa shape index (κ1) is 6.13. The van der Waals surface area contributed by atoms with Gasteiger partial charge in [-0.3, -0.25) is 0 Å². The smallest absolute Gasteiger partial charge is 0.339 e. The van der Waals surface area contributed by atoms with Gasteiger partial charge in [-0.15, -0.1) is 0 Å². The molecule has 0 spiro atoms. The lowest BCUT2D eigenvalue weighted by molar-refractivity contribution is 0.386. The second kappa shape index (κ2) is 2.09. The summed E-state index contributed by atoms with van der Waals surface area (Å²) in [5.41, 5.74) is 1.34. The first-order chi connectivity index (χ1) is 4.25. The fraction of sp³-hybridized carbons (Fsp3) is 0.500. The van der Waals surface area contributed by atoms with Crippen LogP contribution in [0.25, 0.3) is 0 Å². The van der Waals surface area contributed by atoms with E-state index in [1.54, 1.807) is 0 Å². The van der Waals surface area contributed by atoms with E-state index in [1.807, 2.05) is 13.8 Å². The Labute approximate surface area is 52.7 Å². The second-order valence-electron chi connectivity index (χ2n) is 1.95. The van der Waals surface area contributed by atoms with Gasteiger partial charge >= 0.3 is 5.63 Å². The van der Waals surface area contributed by atoms with Crippen molar-refractivity contribution in [2.75, 3.05) is 0 Å². The van der Waals surface area contributed by atoms with Gasteiger partial charge in [-0.25, -0.2) is 9.95 Å². The predicted octanol–water partition coefficient (Wildman–Crippen LogP) is 0.839. The highest BCUT2D eigenvalue weighted by Gasteiger charge is 2.03. The monoisotopic (exact) mass is 127 g/mol. The summed E-state index contributed by atoms with van der Waals surface area (Å²) in [7, 11) is 0. The van der Waals surface area contributed by atoms with E-state index in [4.69, 9.17) is 0 Å². The predicted molar refractivity (Wildman–Crippen MR) is 33.4 cm³/mol. The van der Waals surface area contributed by atoms with Crippen molar-refractivity contribution in [3.05, 3.63) is 21.7 Å². The standard InChI is InChI=1S/C6H9NO2/c1-3-5-4(2)7-9-6(5)8/h7H,3H2,1-2H3. The molecular weight excluding hydrogens is 118 g/mol. The molecule has 1 N–H and O–H groups in total. The Balaban J connectivity index is 3.23. The number of aryl methyl sites for hydroxylation is 1. The van der Waals surface area contributed by atoms with Gasteiger partial charge in [-0.1, -0.05) is 6.92 Å². The quantitative estimate of drug-likeness (QED) is 0.607. The van der Waals surface area contributed by atoms with Crippen LogP contribution in [-0.2, 0) is 6.42 Å². The fourth-order valence-electron chi connectivity index (χ4n) is 0.809. The number of hydrogen-bond acceptors (Lipinski definition) is 2. The molecule has 0 aliphatic rings. The van der Waals surface area contributed by atoms with Gasteiger partial charge in [0.25, 0.3) is 0 Å². The Kier molecular flexibility index (Phi) is 1.42. The largest absolute Gasteiger partial charge is 0.360 e. The third-order valence-electron chi connectivity index (χ3n) is 1.35. The number of aromatic amines is 1. The van der Waals surface area contributed by atoms with E-state index in [9.17, 15) is 4.79 Å². The summed E-state index contributed by atoms with van der Waals surface area (Å²) in [5.74, 6) is 0. The summed E-state index contributed by atoms with van der Waals surface area (Å²) >= 11 is 0. The molecule has 1 heterocycles. The maximum Gasteiger partial charge on any atom is 0.360 e. The van der Waals surface area contributed by atoms with Crippen LogP contribution in [0.3, 0.4) is 0 Å². The van der Waals surface area contributed by atoms with Gasteiger partial charge in [0.1, 0.15) is 0 Å². The van der Waals surface area contributed by atoms with E-state index in [1.165, 1.54) is 0 Å². The van der Waals surface area contributed by atoms with Crippen LogP contribution >= 0.6 is 0 Å².